The van der Waals surface area contributed by atoms with E-state index in [9.17, 15) is 19.2 Å². The highest BCUT2D eigenvalue weighted by atomic mass is 16.7. The molecule has 0 aliphatic carbocycles. The minimum Gasteiger partial charge on any atom is -0.458 e. The molecule has 0 radical (unpaired) electrons. The predicted octanol–water partition coefficient (Wildman–Crippen LogP) is 5.51. The summed E-state index contributed by atoms with van der Waals surface area (Å²) in [6.45, 7) is 15.2. The Morgan fingerprint density at radius 3 is 1.98 bits per heavy atom. The van der Waals surface area contributed by atoms with Crippen LogP contribution in [-0.4, -0.2) is 49.4 Å². The van der Waals surface area contributed by atoms with Gasteiger partial charge in [-0.25, -0.2) is 4.79 Å². The van der Waals surface area contributed by atoms with Gasteiger partial charge in [0.15, 0.2) is 11.5 Å². The predicted molar refractivity (Wildman–Crippen MR) is 150 cm³/mol. The van der Waals surface area contributed by atoms with Crippen molar-refractivity contribution >= 4 is 24.1 Å². The Labute approximate surface area is 238 Å². The lowest BCUT2D eigenvalue weighted by Crippen LogP contribution is -2.37. The Morgan fingerprint density at radius 2 is 1.43 bits per heavy atom. The lowest BCUT2D eigenvalue weighted by molar-refractivity contribution is -0.152. The van der Waals surface area contributed by atoms with E-state index in [0.717, 1.165) is 19.3 Å². The molecule has 226 valence electrons. The molecule has 0 aliphatic rings. The van der Waals surface area contributed by atoms with Gasteiger partial charge in [-0.3, -0.25) is 14.4 Å². The molecule has 10 nitrogen and oxygen atoms in total. The van der Waals surface area contributed by atoms with Crippen LogP contribution < -0.4 is 15.2 Å². The Bertz CT molecular complexity index is 992. The van der Waals surface area contributed by atoms with E-state index in [1.807, 2.05) is 48.5 Å². The van der Waals surface area contributed by atoms with Crippen molar-refractivity contribution < 1.29 is 42.9 Å². The van der Waals surface area contributed by atoms with Crippen LogP contribution >= 0.6 is 0 Å². The highest BCUT2D eigenvalue weighted by Crippen LogP contribution is 2.32. The highest BCUT2D eigenvalue weighted by Gasteiger charge is 2.24. The number of hydrogen-bond acceptors (Lipinski definition) is 10. The number of unbranched alkanes of at least 4 members (excludes halogenated alkanes) is 2. The number of carbonyl (C=O) groups is 4. The number of nitrogens with two attached hydrogens (primary N) is 1. The van der Waals surface area contributed by atoms with Crippen LogP contribution in [0.1, 0.15) is 93.1 Å². The molecule has 0 amide bonds. The second kappa shape index (κ2) is 16.2. The molecule has 0 unspecified atom stereocenters. The summed E-state index contributed by atoms with van der Waals surface area (Å²) in [6.07, 6.45) is 1.52. The Morgan fingerprint density at radius 1 is 0.850 bits per heavy atom. The molecular weight excluding hydrogens is 518 g/mol. The minimum atomic E-state index is -1.05. The molecule has 1 aromatic carbocycles. The summed E-state index contributed by atoms with van der Waals surface area (Å²) < 4.78 is 26.3. The van der Waals surface area contributed by atoms with Crippen LogP contribution in [0.4, 0.5) is 4.79 Å². The maximum Gasteiger partial charge on any atom is 0.508 e. The average molecular weight is 566 g/mol. The van der Waals surface area contributed by atoms with Gasteiger partial charge in [-0.2, -0.15) is 0 Å². The molecule has 0 saturated carbocycles. The third-order valence-corrected chi connectivity index (χ3v) is 5.28. The Kier molecular flexibility index (Phi) is 14.1. The van der Waals surface area contributed by atoms with Crippen molar-refractivity contribution in [3.8, 4) is 11.5 Å². The number of esters is 3. The lowest BCUT2D eigenvalue weighted by Gasteiger charge is -2.20. The molecule has 0 heterocycles. The van der Waals surface area contributed by atoms with Crippen molar-refractivity contribution in [3.05, 3.63) is 23.8 Å². The van der Waals surface area contributed by atoms with Gasteiger partial charge in [0.1, 0.15) is 18.8 Å². The number of benzene rings is 1. The van der Waals surface area contributed by atoms with E-state index >= 15 is 0 Å². The van der Waals surface area contributed by atoms with Gasteiger partial charge in [0.05, 0.1) is 19.4 Å². The van der Waals surface area contributed by atoms with E-state index in [0.29, 0.717) is 5.56 Å². The van der Waals surface area contributed by atoms with Crippen LogP contribution in [0, 0.1) is 10.8 Å². The van der Waals surface area contributed by atoms with E-state index < -0.39 is 36.2 Å². The van der Waals surface area contributed by atoms with Crippen molar-refractivity contribution in [3.63, 3.8) is 0 Å². The number of rotatable bonds is 14. The molecule has 2 N–H and O–H groups in total. The zero-order valence-electron chi connectivity index (χ0n) is 25.3. The van der Waals surface area contributed by atoms with Gasteiger partial charge in [-0.1, -0.05) is 67.4 Å². The van der Waals surface area contributed by atoms with Gasteiger partial charge >= 0.3 is 24.1 Å². The van der Waals surface area contributed by atoms with E-state index in [2.05, 4.69) is 0 Å². The van der Waals surface area contributed by atoms with Crippen molar-refractivity contribution in [1.29, 1.82) is 0 Å². The van der Waals surface area contributed by atoms with Crippen LogP contribution in [0.3, 0.4) is 0 Å². The normalized spacial score (nSPS) is 13.1. The van der Waals surface area contributed by atoms with Crippen LogP contribution in [0.5, 0.6) is 11.5 Å². The third-order valence-electron chi connectivity index (χ3n) is 5.28. The lowest BCUT2D eigenvalue weighted by atomic mass is 9.92. The first-order chi connectivity index (χ1) is 18.5. The molecule has 0 aromatic heterocycles. The van der Waals surface area contributed by atoms with E-state index in [1.165, 1.54) is 12.1 Å². The number of carbonyl (C=O) groups excluding carboxylic acids is 4. The largest absolute Gasteiger partial charge is 0.508 e. The van der Waals surface area contributed by atoms with Crippen LogP contribution in [0.2, 0.25) is 0 Å². The number of ether oxygens (including phenoxy) is 5. The summed E-state index contributed by atoms with van der Waals surface area (Å²) in [5.74, 6) is -1.48. The van der Waals surface area contributed by atoms with E-state index in [-0.39, 0.29) is 54.8 Å². The summed E-state index contributed by atoms with van der Waals surface area (Å²) in [5, 5.41) is 0. The fourth-order valence-corrected chi connectivity index (χ4v) is 3.42. The summed E-state index contributed by atoms with van der Waals surface area (Å²) in [6, 6.07) is 3.62. The van der Waals surface area contributed by atoms with Crippen LogP contribution in [-0.2, 0) is 35.0 Å². The quantitative estimate of drug-likeness (QED) is 0.174. The van der Waals surface area contributed by atoms with E-state index in [4.69, 9.17) is 29.4 Å². The first-order valence-electron chi connectivity index (χ1n) is 13.8. The first-order valence-corrected chi connectivity index (χ1v) is 13.8. The molecule has 40 heavy (non-hydrogen) atoms. The average Bonchev–Trinajstić information content (AvgIpc) is 2.79. The van der Waals surface area contributed by atoms with E-state index in [1.54, 1.807) is 13.0 Å². The van der Waals surface area contributed by atoms with Gasteiger partial charge in [0.25, 0.3) is 0 Å². The van der Waals surface area contributed by atoms with Gasteiger partial charge in [0.2, 0.25) is 0 Å². The van der Waals surface area contributed by atoms with Gasteiger partial charge in [0, 0.05) is 0 Å². The molecule has 2 atom stereocenters. The second-order valence-electron chi connectivity index (χ2n) is 12.4. The molecule has 10 heteroatoms. The molecule has 1 rings (SSSR count). The Balaban J connectivity index is 2.84. The monoisotopic (exact) mass is 565 g/mol. The van der Waals surface area contributed by atoms with Crippen LogP contribution in [0.15, 0.2) is 18.2 Å². The molecule has 0 aliphatic heterocycles. The molecule has 0 bridgehead atoms. The van der Waals surface area contributed by atoms with Gasteiger partial charge < -0.3 is 29.4 Å². The zero-order valence-corrected chi connectivity index (χ0v) is 25.3. The fourth-order valence-electron chi connectivity index (χ4n) is 3.42. The second-order valence-corrected chi connectivity index (χ2v) is 12.4. The molecular formula is C30H47NO9. The highest BCUT2D eigenvalue weighted by molar-refractivity contribution is 5.78. The smallest absolute Gasteiger partial charge is 0.458 e. The van der Waals surface area contributed by atoms with Crippen molar-refractivity contribution in [2.75, 3.05) is 13.2 Å². The maximum atomic E-state index is 12.5. The summed E-state index contributed by atoms with van der Waals surface area (Å²) in [4.78, 5) is 49.2. The molecule has 0 spiro atoms. The third kappa shape index (κ3) is 15.5. The minimum absolute atomic E-state index is 0.0614. The SMILES string of the molecule is CCCCCOC(=O)OC[C@H](C)OC(=O)[C@@H](N)Cc1ccc(OC(=O)CC(C)(C)C)c(OC(=O)CC(C)(C)C)c1. The fraction of sp³-hybridized carbons (Fsp3) is 0.667. The topological polar surface area (TPSA) is 140 Å². The summed E-state index contributed by atoms with van der Waals surface area (Å²) in [5.41, 5.74) is 6.04. The van der Waals surface area contributed by atoms with Crippen molar-refractivity contribution in [2.24, 2.45) is 16.6 Å². The first kappa shape index (κ1) is 34.9. The maximum absolute atomic E-state index is 12.5. The summed E-state index contributed by atoms with van der Waals surface area (Å²) in [7, 11) is 0. The summed E-state index contributed by atoms with van der Waals surface area (Å²) >= 11 is 0. The van der Waals surface area contributed by atoms with Gasteiger partial charge in [-0.15, -0.1) is 0 Å². The van der Waals surface area contributed by atoms with Crippen molar-refractivity contribution in [2.45, 2.75) is 106 Å². The zero-order chi connectivity index (χ0) is 30.5. The Hall–Kier alpha value is -3.14. The van der Waals surface area contributed by atoms with Crippen LogP contribution in [0.25, 0.3) is 0 Å². The van der Waals surface area contributed by atoms with Crippen molar-refractivity contribution in [1.82, 2.24) is 0 Å². The molecule has 1 aromatic rings. The molecule has 0 fully saturated rings. The standard InChI is InChI=1S/C30H47NO9/c1-9-10-11-14-36-28(35)37-19-20(2)38-27(34)22(31)15-21-12-13-23(39-25(32)17-29(3,4)5)24(16-21)40-26(33)18-30(6,7)8/h12-13,16,20,22H,9-11,14-15,17-19,31H2,1-8H3/t20-,22-/m0/s1. The van der Waals surface area contributed by atoms with Gasteiger partial charge in [-0.05, 0) is 48.3 Å². The molecule has 0 saturated heterocycles. The number of hydrogen-bond donors (Lipinski definition) is 1.